The number of nitrogens with zero attached hydrogens (tertiary/aromatic N) is 3. The Morgan fingerprint density at radius 3 is 2.50 bits per heavy atom. The normalized spacial score (nSPS) is 10.8. The van der Waals surface area contributed by atoms with E-state index < -0.39 is 0 Å². The van der Waals surface area contributed by atoms with Crippen LogP contribution in [0.5, 0.6) is 0 Å². The molecule has 18 heavy (non-hydrogen) atoms. The predicted molar refractivity (Wildman–Crippen MR) is 73.9 cm³/mol. The Kier molecular flexibility index (Phi) is 5.85. The van der Waals surface area contributed by atoms with Gasteiger partial charge in [0.15, 0.2) is 0 Å². The summed E-state index contributed by atoms with van der Waals surface area (Å²) in [4.78, 5) is 19.2. The van der Waals surface area contributed by atoms with Gasteiger partial charge in [-0.25, -0.2) is 4.98 Å². The number of carbonyl (C=O) groups excluding carboxylic acids is 1. The van der Waals surface area contributed by atoms with E-state index in [1.807, 2.05) is 17.9 Å². The molecule has 0 aromatic carbocycles. The number of likely N-dealkylation sites (N-methyl/N-ethyl adjacent to an activating group) is 2. The molecule has 1 amide bonds. The molecular formula is C12H17Cl2N3O. The summed E-state index contributed by atoms with van der Waals surface area (Å²) in [5, 5.41) is 0.759. The number of hydrogen-bond donors (Lipinski definition) is 0. The summed E-state index contributed by atoms with van der Waals surface area (Å²) >= 11 is 11.8. The summed E-state index contributed by atoms with van der Waals surface area (Å²) in [5.41, 5.74) is 0.870. The standard InChI is InChI=1S/C12H17Cl2N3O/c1-4-17(8-11(18)16(2)3)7-9-5-6-10(13)15-12(9)14/h5-6H,4,7-8H2,1-3H3. The van der Waals surface area contributed by atoms with Crippen LogP contribution in [0, 0.1) is 0 Å². The van der Waals surface area contributed by atoms with E-state index in [1.165, 1.54) is 0 Å². The van der Waals surface area contributed by atoms with Gasteiger partial charge < -0.3 is 4.90 Å². The van der Waals surface area contributed by atoms with Crippen LogP contribution >= 0.6 is 23.2 Å². The highest BCUT2D eigenvalue weighted by molar-refractivity contribution is 6.32. The predicted octanol–water partition coefficient (Wildman–Crippen LogP) is 2.30. The van der Waals surface area contributed by atoms with E-state index in [-0.39, 0.29) is 5.91 Å². The minimum atomic E-state index is 0.0647. The average Bonchev–Trinajstić information content (AvgIpc) is 2.31. The maximum atomic E-state index is 11.7. The number of rotatable bonds is 5. The zero-order chi connectivity index (χ0) is 13.7. The largest absolute Gasteiger partial charge is 0.348 e. The SMILES string of the molecule is CCN(CC(=O)N(C)C)Cc1ccc(Cl)nc1Cl. The Hall–Kier alpha value is -0.840. The van der Waals surface area contributed by atoms with E-state index in [0.717, 1.165) is 12.1 Å². The first-order valence-corrected chi connectivity index (χ1v) is 6.43. The van der Waals surface area contributed by atoms with Crippen LogP contribution in [0.2, 0.25) is 10.3 Å². The zero-order valence-corrected chi connectivity index (χ0v) is 12.3. The minimum absolute atomic E-state index is 0.0647. The molecule has 0 bridgehead atoms. The van der Waals surface area contributed by atoms with E-state index in [9.17, 15) is 4.79 Å². The summed E-state index contributed by atoms with van der Waals surface area (Å²) in [7, 11) is 3.49. The lowest BCUT2D eigenvalue weighted by Gasteiger charge is -2.22. The molecule has 0 fully saturated rings. The second kappa shape index (κ2) is 6.92. The third-order valence-corrected chi connectivity index (χ3v) is 3.13. The molecule has 100 valence electrons. The second-order valence-electron chi connectivity index (χ2n) is 4.18. The fourth-order valence-corrected chi connectivity index (χ4v) is 1.82. The van der Waals surface area contributed by atoms with Gasteiger partial charge in [-0.15, -0.1) is 0 Å². The zero-order valence-electron chi connectivity index (χ0n) is 10.8. The number of carbonyl (C=O) groups is 1. The number of amides is 1. The molecule has 6 heteroatoms. The van der Waals surface area contributed by atoms with Crippen LogP contribution in [-0.2, 0) is 11.3 Å². The van der Waals surface area contributed by atoms with Gasteiger partial charge in [-0.1, -0.05) is 36.2 Å². The first-order valence-electron chi connectivity index (χ1n) is 5.67. The van der Waals surface area contributed by atoms with Gasteiger partial charge in [0, 0.05) is 26.2 Å². The van der Waals surface area contributed by atoms with Crippen molar-refractivity contribution in [3.8, 4) is 0 Å². The lowest BCUT2D eigenvalue weighted by Crippen LogP contribution is -2.36. The van der Waals surface area contributed by atoms with Gasteiger partial charge in [0.05, 0.1) is 6.54 Å². The molecule has 1 aromatic rings. The van der Waals surface area contributed by atoms with Crippen molar-refractivity contribution in [3.05, 3.63) is 28.0 Å². The number of halogens is 2. The number of hydrogen-bond acceptors (Lipinski definition) is 3. The van der Waals surface area contributed by atoms with Gasteiger partial charge in [-0.3, -0.25) is 9.69 Å². The third kappa shape index (κ3) is 4.44. The van der Waals surface area contributed by atoms with Crippen molar-refractivity contribution in [2.24, 2.45) is 0 Å². The first kappa shape index (κ1) is 15.2. The van der Waals surface area contributed by atoms with E-state index in [1.54, 1.807) is 25.1 Å². The smallest absolute Gasteiger partial charge is 0.236 e. The minimum Gasteiger partial charge on any atom is -0.348 e. The lowest BCUT2D eigenvalue weighted by atomic mass is 10.2. The Labute approximate surface area is 117 Å². The summed E-state index contributed by atoms with van der Waals surface area (Å²) in [5.74, 6) is 0.0647. The molecule has 0 saturated carbocycles. The van der Waals surface area contributed by atoms with Crippen molar-refractivity contribution in [1.82, 2.24) is 14.8 Å². The molecule has 0 saturated heterocycles. The fourth-order valence-electron chi connectivity index (χ4n) is 1.41. The van der Waals surface area contributed by atoms with Gasteiger partial charge in [-0.05, 0) is 12.6 Å². The van der Waals surface area contributed by atoms with Crippen LogP contribution in [0.1, 0.15) is 12.5 Å². The van der Waals surface area contributed by atoms with Crippen molar-refractivity contribution in [1.29, 1.82) is 0 Å². The number of aromatic nitrogens is 1. The Morgan fingerprint density at radius 2 is 2.00 bits per heavy atom. The van der Waals surface area contributed by atoms with Gasteiger partial charge in [-0.2, -0.15) is 0 Å². The molecule has 0 aliphatic carbocycles. The van der Waals surface area contributed by atoms with Crippen molar-refractivity contribution in [2.75, 3.05) is 27.2 Å². The average molecular weight is 290 g/mol. The first-order chi connectivity index (χ1) is 8.43. The van der Waals surface area contributed by atoms with Gasteiger partial charge in [0.2, 0.25) is 5.91 Å². The highest BCUT2D eigenvalue weighted by Gasteiger charge is 2.13. The van der Waals surface area contributed by atoms with Gasteiger partial charge in [0.25, 0.3) is 0 Å². The molecule has 1 aromatic heterocycles. The summed E-state index contributed by atoms with van der Waals surface area (Å²) < 4.78 is 0. The molecule has 0 N–H and O–H groups in total. The Bertz CT molecular complexity index is 424. The lowest BCUT2D eigenvalue weighted by molar-refractivity contribution is -0.130. The van der Waals surface area contributed by atoms with Crippen molar-refractivity contribution in [3.63, 3.8) is 0 Å². The quantitative estimate of drug-likeness (QED) is 0.781. The fraction of sp³-hybridized carbons (Fsp3) is 0.500. The van der Waals surface area contributed by atoms with Crippen LogP contribution in [0.4, 0.5) is 0 Å². The summed E-state index contributed by atoms with van der Waals surface area (Å²) in [6, 6.07) is 3.53. The van der Waals surface area contributed by atoms with Crippen LogP contribution in [-0.4, -0.2) is 47.9 Å². The summed E-state index contributed by atoms with van der Waals surface area (Å²) in [6.07, 6.45) is 0. The maximum absolute atomic E-state index is 11.7. The molecular weight excluding hydrogens is 273 g/mol. The van der Waals surface area contributed by atoms with Crippen LogP contribution < -0.4 is 0 Å². The number of pyridine rings is 1. The van der Waals surface area contributed by atoms with Crippen molar-refractivity contribution >= 4 is 29.1 Å². The highest BCUT2D eigenvalue weighted by atomic mass is 35.5. The Balaban J connectivity index is 2.71. The van der Waals surface area contributed by atoms with E-state index in [0.29, 0.717) is 23.4 Å². The molecule has 0 spiro atoms. The van der Waals surface area contributed by atoms with E-state index in [4.69, 9.17) is 23.2 Å². The molecule has 0 radical (unpaired) electrons. The molecule has 0 aliphatic rings. The van der Waals surface area contributed by atoms with Crippen LogP contribution in [0.3, 0.4) is 0 Å². The molecule has 4 nitrogen and oxygen atoms in total. The third-order valence-electron chi connectivity index (χ3n) is 2.59. The molecule has 1 rings (SSSR count). The Morgan fingerprint density at radius 1 is 1.33 bits per heavy atom. The monoisotopic (exact) mass is 289 g/mol. The van der Waals surface area contributed by atoms with E-state index in [2.05, 4.69) is 4.98 Å². The molecule has 0 unspecified atom stereocenters. The van der Waals surface area contributed by atoms with Gasteiger partial charge >= 0.3 is 0 Å². The highest BCUT2D eigenvalue weighted by Crippen LogP contribution is 2.18. The summed E-state index contributed by atoms with van der Waals surface area (Å²) in [6.45, 7) is 3.71. The van der Waals surface area contributed by atoms with Crippen LogP contribution in [0.15, 0.2) is 12.1 Å². The maximum Gasteiger partial charge on any atom is 0.236 e. The second-order valence-corrected chi connectivity index (χ2v) is 4.92. The van der Waals surface area contributed by atoms with Crippen LogP contribution in [0.25, 0.3) is 0 Å². The molecule has 0 atom stereocenters. The van der Waals surface area contributed by atoms with E-state index >= 15 is 0 Å². The molecule has 1 heterocycles. The van der Waals surface area contributed by atoms with Crippen molar-refractivity contribution in [2.45, 2.75) is 13.5 Å². The van der Waals surface area contributed by atoms with Crippen molar-refractivity contribution < 1.29 is 4.79 Å². The topological polar surface area (TPSA) is 36.4 Å². The van der Waals surface area contributed by atoms with Gasteiger partial charge in [0.1, 0.15) is 10.3 Å². The molecule has 0 aliphatic heterocycles.